The summed E-state index contributed by atoms with van der Waals surface area (Å²) in [5.41, 5.74) is 2.89. The molecule has 7 nitrogen and oxygen atoms in total. The molecule has 4 atom stereocenters. The van der Waals surface area contributed by atoms with Gasteiger partial charge in [0.25, 0.3) is 0 Å². The van der Waals surface area contributed by atoms with Gasteiger partial charge in [0, 0.05) is 29.2 Å². The number of halogens is 1. The highest BCUT2D eigenvalue weighted by Gasteiger charge is 2.56. The third-order valence-electron chi connectivity index (χ3n) is 8.52. The molecule has 4 aliphatic rings. The predicted octanol–water partition coefficient (Wildman–Crippen LogP) is 3.91. The molecule has 0 spiro atoms. The van der Waals surface area contributed by atoms with E-state index in [4.69, 9.17) is 0 Å². The Balaban J connectivity index is 1.38. The first-order valence-corrected chi connectivity index (χ1v) is 13.0. The smallest absolute Gasteiger partial charge is 0.233 e. The van der Waals surface area contributed by atoms with Gasteiger partial charge in [0.15, 0.2) is 23.1 Å². The number of imide groups is 1. The largest absolute Gasteiger partial charge is 0.508 e. The van der Waals surface area contributed by atoms with Crippen LogP contribution in [0.25, 0.3) is 0 Å². The lowest BCUT2D eigenvalue weighted by Gasteiger charge is -2.42. The molecule has 0 bridgehead atoms. The maximum absolute atomic E-state index is 14.5. The Kier molecular flexibility index (Phi) is 5.86. The number of phenolic OH excluding ortho intramolecular Hbond substituents is 2. The molecule has 1 aliphatic heterocycles. The summed E-state index contributed by atoms with van der Waals surface area (Å²) >= 11 is 0. The topological polar surface area (TPSA) is 112 Å². The molecule has 1 fully saturated rings. The van der Waals surface area contributed by atoms with Gasteiger partial charge in [-0.15, -0.1) is 0 Å². The number of ketones is 2. The van der Waals surface area contributed by atoms with Gasteiger partial charge in [-0.3, -0.25) is 24.1 Å². The fraction of sp³-hybridized carbons (Fsp3) is 0.290. The van der Waals surface area contributed by atoms with E-state index in [1.807, 2.05) is 6.08 Å². The quantitative estimate of drug-likeness (QED) is 0.354. The van der Waals surface area contributed by atoms with Crippen LogP contribution in [-0.2, 0) is 25.6 Å². The molecule has 2 N–H and O–H groups in total. The number of hydrogen-bond acceptors (Lipinski definition) is 6. The molecule has 4 unspecified atom stereocenters. The molecule has 3 aliphatic carbocycles. The highest BCUT2D eigenvalue weighted by molar-refractivity contribution is 6.23. The van der Waals surface area contributed by atoms with Crippen LogP contribution in [0.1, 0.15) is 36.8 Å². The van der Waals surface area contributed by atoms with E-state index in [0.717, 1.165) is 17.2 Å². The van der Waals surface area contributed by atoms with Gasteiger partial charge in [-0.25, -0.2) is 4.39 Å². The minimum atomic E-state index is -0.847. The Morgan fingerprint density at radius 3 is 2.44 bits per heavy atom. The Bertz CT molecular complexity index is 1550. The summed E-state index contributed by atoms with van der Waals surface area (Å²) in [5.74, 6) is -4.93. The number of Topliss-reactive ketones (excluding diaryl/α,β-unsaturated/α-hetero) is 1. The zero-order valence-corrected chi connectivity index (χ0v) is 21.2. The minimum absolute atomic E-state index is 0.131. The van der Waals surface area contributed by atoms with Crippen molar-refractivity contribution in [1.82, 2.24) is 4.90 Å². The molecule has 2 aromatic carbocycles. The van der Waals surface area contributed by atoms with Gasteiger partial charge in [-0.05, 0) is 73.6 Å². The number of fused-ring (bicyclic) bond motifs is 3. The first kappa shape index (κ1) is 25.0. The van der Waals surface area contributed by atoms with Crippen LogP contribution in [0.2, 0.25) is 0 Å². The van der Waals surface area contributed by atoms with Crippen LogP contribution in [0.3, 0.4) is 0 Å². The van der Waals surface area contributed by atoms with Crippen molar-refractivity contribution < 1.29 is 33.8 Å². The number of rotatable bonds is 4. The second kappa shape index (κ2) is 9.15. The second-order valence-electron chi connectivity index (χ2n) is 10.7. The fourth-order valence-corrected chi connectivity index (χ4v) is 6.63. The van der Waals surface area contributed by atoms with Crippen LogP contribution >= 0.6 is 0 Å². The number of aromatic hydroxyl groups is 2. The lowest BCUT2D eigenvalue weighted by molar-refractivity contribution is -0.140. The summed E-state index contributed by atoms with van der Waals surface area (Å²) in [6, 6.07) is 10.5. The van der Waals surface area contributed by atoms with Crippen LogP contribution in [0, 0.1) is 23.6 Å². The van der Waals surface area contributed by atoms with Crippen molar-refractivity contribution in [3.63, 3.8) is 0 Å². The van der Waals surface area contributed by atoms with Crippen molar-refractivity contribution in [2.75, 3.05) is 6.54 Å². The number of nitrogens with zero attached hydrogens (tertiary/aromatic N) is 1. The molecular weight excluding hydrogens is 501 g/mol. The minimum Gasteiger partial charge on any atom is -0.508 e. The van der Waals surface area contributed by atoms with Gasteiger partial charge >= 0.3 is 0 Å². The number of phenols is 2. The van der Waals surface area contributed by atoms with Crippen molar-refractivity contribution in [3.8, 4) is 11.5 Å². The standard InChI is InChI=1S/C31H26FNO6/c1-15-12-25(36)22-14-21-19(26(28(22)29(15)37)17-4-9-24(35)23(32)13-17)7-8-20-27(21)31(39)33(30(20)38)11-10-16-2-5-18(34)6-3-16/h2-7,9,12-13,20-21,26-27,34-35H,8,10-11,14H2,1H3. The van der Waals surface area contributed by atoms with Crippen LogP contribution in [0.5, 0.6) is 11.5 Å². The molecule has 8 heteroatoms. The number of likely N-dealkylation sites (tertiary alicyclic amines) is 1. The van der Waals surface area contributed by atoms with Gasteiger partial charge in [0.05, 0.1) is 11.8 Å². The van der Waals surface area contributed by atoms with Crippen molar-refractivity contribution in [2.24, 2.45) is 17.8 Å². The first-order valence-electron chi connectivity index (χ1n) is 13.0. The summed E-state index contributed by atoms with van der Waals surface area (Å²) in [6.45, 7) is 1.76. The highest BCUT2D eigenvalue weighted by Crippen LogP contribution is 2.55. The van der Waals surface area contributed by atoms with Gasteiger partial charge in [0.2, 0.25) is 11.8 Å². The van der Waals surface area contributed by atoms with E-state index in [2.05, 4.69) is 0 Å². The van der Waals surface area contributed by atoms with Crippen LogP contribution < -0.4 is 0 Å². The van der Waals surface area contributed by atoms with E-state index in [-0.39, 0.29) is 47.7 Å². The molecule has 2 amide bonds. The van der Waals surface area contributed by atoms with E-state index in [0.29, 0.717) is 29.6 Å². The van der Waals surface area contributed by atoms with E-state index in [1.165, 1.54) is 23.1 Å². The molecule has 1 heterocycles. The first-order chi connectivity index (χ1) is 18.7. The number of hydrogen-bond donors (Lipinski definition) is 2. The molecule has 0 radical (unpaired) electrons. The Morgan fingerprint density at radius 2 is 1.72 bits per heavy atom. The molecule has 0 aromatic heterocycles. The summed E-state index contributed by atoms with van der Waals surface area (Å²) in [7, 11) is 0. The van der Waals surface area contributed by atoms with Crippen molar-refractivity contribution in [2.45, 2.75) is 32.1 Å². The maximum atomic E-state index is 14.5. The Labute approximate surface area is 223 Å². The van der Waals surface area contributed by atoms with Gasteiger partial charge < -0.3 is 10.2 Å². The van der Waals surface area contributed by atoms with Gasteiger partial charge in [-0.1, -0.05) is 29.8 Å². The maximum Gasteiger partial charge on any atom is 0.233 e. The van der Waals surface area contributed by atoms with Crippen LogP contribution in [0.15, 0.2) is 76.9 Å². The number of carbonyl (C=O) groups excluding carboxylic acids is 4. The van der Waals surface area contributed by atoms with Gasteiger partial charge in [0.1, 0.15) is 5.75 Å². The molecule has 6 rings (SSSR count). The number of carbonyl (C=O) groups is 4. The third kappa shape index (κ3) is 3.93. The van der Waals surface area contributed by atoms with Crippen molar-refractivity contribution in [1.29, 1.82) is 0 Å². The van der Waals surface area contributed by atoms with E-state index < -0.39 is 35.2 Å². The predicted molar refractivity (Wildman–Crippen MR) is 138 cm³/mol. The number of amides is 2. The third-order valence-corrected chi connectivity index (χ3v) is 8.52. The summed E-state index contributed by atoms with van der Waals surface area (Å²) in [6.07, 6.45) is 4.07. The Morgan fingerprint density at radius 1 is 0.974 bits per heavy atom. The molecular formula is C31H26FNO6. The van der Waals surface area contributed by atoms with E-state index >= 15 is 0 Å². The molecule has 198 valence electrons. The lowest BCUT2D eigenvalue weighted by atomic mass is 9.59. The highest BCUT2D eigenvalue weighted by atomic mass is 19.1. The van der Waals surface area contributed by atoms with Crippen molar-refractivity contribution in [3.05, 3.63) is 93.9 Å². The molecule has 2 aromatic rings. The zero-order valence-electron chi connectivity index (χ0n) is 21.2. The normalized spacial score (nSPS) is 26.3. The number of benzene rings is 2. The second-order valence-corrected chi connectivity index (χ2v) is 10.7. The Hall–Kier alpha value is -4.33. The average molecular weight is 528 g/mol. The van der Waals surface area contributed by atoms with E-state index in [1.54, 1.807) is 31.2 Å². The molecule has 0 saturated carbocycles. The summed E-state index contributed by atoms with van der Waals surface area (Å²) in [5, 5.41) is 19.3. The van der Waals surface area contributed by atoms with Crippen molar-refractivity contribution >= 4 is 23.4 Å². The monoisotopic (exact) mass is 527 g/mol. The summed E-state index contributed by atoms with van der Waals surface area (Å²) < 4.78 is 14.5. The fourth-order valence-electron chi connectivity index (χ4n) is 6.63. The summed E-state index contributed by atoms with van der Waals surface area (Å²) in [4.78, 5) is 54.9. The molecule has 1 saturated heterocycles. The zero-order chi connectivity index (χ0) is 27.6. The number of allylic oxidation sites excluding steroid dienone is 6. The van der Waals surface area contributed by atoms with E-state index in [9.17, 15) is 33.8 Å². The van der Waals surface area contributed by atoms with Crippen LogP contribution in [-0.4, -0.2) is 45.0 Å². The van der Waals surface area contributed by atoms with Crippen LogP contribution in [0.4, 0.5) is 4.39 Å². The SMILES string of the molecule is CC1=CC(=O)C2=C(C1=O)C(c1ccc(O)c(F)c1)C1=CCC3C(=O)N(CCc4ccc(O)cc4)C(=O)C3C1C2. The average Bonchev–Trinajstić information content (AvgIpc) is 3.16. The molecule has 39 heavy (non-hydrogen) atoms. The van der Waals surface area contributed by atoms with Gasteiger partial charge in [-0.2, -0.15) is 0 Å². The lowest BCUT2D eigenvalue weighted by Crippen LogP contribution is -2.40.